The zero-order chi connectivity index (χ0) is 88.0. The first kappa shape index (κ1) is 110. The number of methoxy groups -OCH3 is 1. The van der Waals surface area contributed by atoms with Crippen LogP contribution in [0, 0.1) is 39.0 Å². The molecule has 0 saturated carbocycles. The van der Waals surface area contributed by atoms with Crippen molar-refractivity contribution >= 4 is 183 Å². The number of hydrogen-bond acceptors (Lipinski definition) is 15. The highest BCUT2D eigenvalue weighted by Crippen LogP contribution is 2.39. The summed E-state index contributed by atoms with van der Waals surface area (Å²) >= 11 is 74.0. The SMILES string of the molecule is C.C.C.C.C.COC(=O)CCCNC(=O)c1nn(-c2ccc(Cl)cc2Cl)c(-c2ccc(Cl)cc2)c1C.Cc1c(C(=O)NCCCC#N)nn(-c2ccc(Cl)cc2Cl)c1-c1ccc(Cl)cc1.Cc1c(C(=O)NCCCC(N)=O)nn(-c2ccc(Cl)cc2Cl)c1-c1ccc(Cl)cc1.Cc1c(C(=O)NCCCc2nn[nH]n2)nn(-c2ccc(Cl)cc2Cl)c1-c1ccc(Cl)cc1.[B]. The first-order valence-corrected chi connectivity index (χ1v) is 41.8. The molecule has 3 radical (unpaired) electrons. The second-order valence-corrected chi connectivity index (χ2v) is 31.9. The van der Waals surface area contributed by atoms with E-state index >= 15 is 0 Å². The lowest BCUT2D eigenvalue weighted by Crippen LogP contribution is -2.26. The van der Waals surface area contributed by atoms with Crippen LogP contribution in [0.1, 0.15) is 152 Å². The summed E-state index contributed by atoms with van der Waals surface area (Å²) in [5.41, 5.74) is 17.6. The van der Waals surface area contributed by atoms with Gasteiger partial charge in [0.25, 0.3) is 23.6 Å². The third-order valence-electron chi connectivity index (χ3n) is 18.3. The van der Waals surface area contributed by atoms with Gasteiger partial charge in [0.2, 0.25) is 5.91 Å². The average Bonchev–Trinajstić information content (AvgIpc) is 1.70. The fourth-order valence-corrected chi connectivity index (χ4v) is 14.8. The van der Waals surface area contributed by atoms with Crippen molar-refractivity contribution < 1.29 is 33.5 Å². The van der Waals surface area contributed by atoms with Gasteiger partial charge in [-0.15, -0.1) is 10.2 Å². The number of H-pyrrole nitrogens is 1. The Labute approximate surface area is 806 Å². The van der Waals surface area contributed by atoms with E-state index < -0.39 is 5.91 Å². The zero-order valence-corrected chi connectivity index (χ0v) is 75.1. The summed E-state index contributed by atoms with van der Waals surface area (Å²) in [6.45, 7) is 8.79. The number of primary amides is 1. The van der Waals surface area contributed by atoms with E-state index in [0.717, 1.165) is 33.6 Å². The largest absolute Gasteiger partial charge is 0.469 e. The number of aryl methyl sites for hydroxylation is 1. The van der Waals surface area contributed by atoms with Crippen molar-refractivity contribution in [2.24, 2.45) is 5.73 Å². The maximum absolute atomic E-state index is 12.9. The minimum Gasteiger partial charge on any atom is -0.469 e. The van der Waals surface area contributed by atoms with Crippen LogP contribution < -0.4 is 27.0 Å². The van der Waals surface area contributed by atoms with Gasteiger partial charge in [-0.1, -0.05) is 230 Å². The van der Waals surface area contributed by atoms with Crippen molar-refractivity contribution in [1.29, 1.82) is 5.26 Å². The number of aromatic amines is 1. The molecule has 13 aromatic rings. The van der Waals surface area contributed by atoms with Crippen LogP contribution in [0.15, 0.2) is 170 Å². The molecule has 0 aliphatic heterocycles. The summed E-state index contributed by atoms with van der Waals surface area (Å²) in [6.07, 6.45) is 3.56. The number of hydrogen-bond donors (Lipinski definition) is 6. The van der Waals surface area contributed by atoms with E-state index in [0.29, 0.717) is 193 Å². The maximum Gasteiger partial charge on any atom is 0.305 e. The number of aromatic nitrogens is 12. The molecule has 0 fully saturated rings. The minimum atomic E-state index is -0.410. The van der Waals surface area contributed by atoms with Crippen molar-refractivity contribution in [3.05, 3.63) is 281 Å². The molecule has 13 rings (SSSR count). The fraction of sp³-hybridized carbons (Fsp3) is 0.244. The smallest absolute Gasteiger partial charge is 0.305 e. The van der Waals surface area contributed by atoms with Crippen LogP contribution in [-0.4, -0.2) is 137 Å². The van der Waals surface area contributed by atoms with Gasteiger partial charge >= 0.3 is 5.97 Å². The molecule has 0 atom stereocenters. The van der Waals surface area contributed by atoms with Crippen molar-refractivity contribution in [2.45, 2.75) is 116 Å². The van der Waals surface area contributed by atoms with E-state index in [1.165, 1.54) is 7.11 Å². The lowest BCUT2D eigenvalue weighted by molar-refractivity contribution is -0.140. The van der Waals surface area contributed by atoms with Crippen molar-refractivity contribution in [3.8, 4) is 73.8 Å². The molecule has 5 amide bonds. The molecule has 673 valence electrons. The first-order valence-electron chi connectivity index (χ1n) is 37.3. The minimum absolute atomic E-state index is 0. The van der Waals surface area contributed by atoms with Gasteiger partial charge in [0.1, 0.15) is 0 Å². The van der Waals surface area contributed by atoms with Gasteiger partial charge in [-0.3, -0.25) is 28.8 Å². The van der Waals surface area contributed by atoms with Gasteiger partial charge < -0.3 is 31.7 Å². The number of nitrogens with two attached hydrogens (primary N) is 1. The Hall–Kier alpha value is -10.5. The predicted octanol–water partition coefficient (Wildman–Crippen LogP) is 23.6. The number of amides is 5. The fourth-order valence-electron chi connectivity index (χ4n) is 12.4. The zero-order valence-electron chi connectivity index (χ0n) is 66.1. The van der Waals surface area contributed by atoms with Gasteiger partial charge in [0.15, 0.2) is 28.6 Å². The van der Waals surface area contributed by atoms with Gasteiger partial charge in [-0.05, 0) is 175 Å². The molecule has 128 heavy (non-hydrogen) atoms. The number of tetrazole rings is 1. The van der Waals surface area contributed by atoms with Crippen molar-refractivity contribution in [3.63, 3.8) is 0 Å². The number of benzene rings is 8. The normalized spacial score (nSPS) is 10.3. The second-order valence-electron chi connectivity index (χ2n) is 26.8. The number of rotatable bonds is 27. The maximum atomic E-state index is 12.9. The van der Waals surface area contributed by atoms with Gasteiger partial charge in [0, 0.05) is 145 Å². The Morgan fingerprint density at radius 1 is 0.391 bits per heavy atom. The van der Waals surface area contributed by atoms with Gasteiger partial charge in [-0.2, -0.15) is 30.9 Å². The van der Waals surface area contributed by atoms with E-state index in [4.69, 9.17) is 150 Å². The molecule has 0 bridgehead atoms. The third-order valence-corrected chi connectivity index (χ3v) is 21.5. The Kier molecular flexibility index (Phi) is 44.8. The van der Waals surface area contributed by atoms with E-state index in [2.05, 4.69) is 73.1 Å². The van der Waals surface area contributed by atoms with Gasteiger partial charge in [0.05, 0.1) is 78.8 Å². The van der Waals surface area contributed by atoms with Crippen molar-refractivity contribution in [2.75, 3.05) is 33.3 Å². The number of carbonyl (C=O) groups is 6. The van der Waals surface area contributed by atoms with Crippen LogP contribution in [0.5, 0.6) is 0 Å². The van der Waals surface area contributed by atoms with Crippen LogP contribution in [-0.2, 0) is 20.7 Å². The van der Waals surface area contributed by atoms with Crippen LogP contribution in [0.4, 0.5) is 0 Å². The third kappa shape index (κ3) is 28.8. The molecule has 0 saturated heterocycles. The molecular formula is C90H94BCl12N18O7. The average molecular weight is 1980 g/mol. The molecular weight excluding hydrogens is 1880 g/mol. The standard InChI is InChI=1S/C22H20Cl3N3O3.C21H18Cl3N7O.C21H19Cl3N4O2.C21H17Cl3N4O.5CH4.B/c1-13-20(22(30)26-11-3-4-19(29)31-2)27-28(18-10-9-16(24)12-17(18)25)21(13)14-5-7-15(23)8-6-14;1-12-19(21(32)25-10-2-3-18-26-29-30-27-18)28-31(17-9-8-15(23)11-16(17)24)20(12)13-4-6-14(22)7-5-13;1-12-19(21(30)26-10-2-3-18(25)29)27-28(17-9-8-15(23)11-16(17)24)20(12)13-4-6-14(22)7-5-13;1-13-19(21(29)26-11-3-2-10-25)27-28(18-9-8-16(23)12-17(18)24)20(13)14-4-6-15(22)7-5-14;;;;;;/h5-10,12H,3-4,11H2,1-2H3,(H,26,30);4-9,11H,2-3,10H2,1H3,(H,25,32)(H,26,27,29,30);4-9,11H,2-3,10H2,1H3,(H2,25,29)(H,26,30);4-9,12H,2-3,11H2,1H3,(H,26,29);5*1H4;. The highest BCUT2D eigenvalue weighted by atomic mass is 35.5. The van der Waals surface area contributed by atoms with Crippen molar-refractivity contribution in [1.82, 2.24) is 81.0 Å². The molecule has 8 aromatic carbocycles. The number of halogens is 12. The number of esters is 1. The second kappa shape index (κ2) is 52.2. The first-order chi connectivity index (χ1) is 58.4. The van der Waals surface area contributed by atoms with Gasteiger partial charge in [-0.25, -0.2) is 18.7 Å². The van der Waals surface area contributed by atoms with Crippen LogP contribution >= 0.6 is 139 Å². The number of ether oxygens (including phenoxy) is 1. The summed E-state index contributed by atoms with van der Waals surface area (Å²) in [6, 6.07) is 51.5. The van der Waals surface area contributed by atoms with E-state index in [1.54, 1.807) is 140 Å². The molecule has 25 nitrogen and oxygen atoms in total. The summed E-state index contributed by atoms with van der Waals surface area (Å²) in [4.78, 5) is 73.3. The van der Waals surface area contributed by atoms with E-state index in [-0.39, 0.29) is 105 Å². The molecule has 5 heterocycles. The quantitative estimate of drug-likeness (QED) is 0.0158. The number of nitrogens with one attached hydrogen (secondary N) is 5. The number of carbonyl (C=O) groups excluding carboxylic acids is 6. The highest BCUT2D eigenvalue weighted by Gasteiger charge is 2.29. The summed E-state index contributed by atoms with van der Waals surface area (Å²) in [5.74, 6) is -1.42. The number of unbranched alkanes of at least 4 members (excludes halogenated alkanes) is 1. The van der Waals surface area contributed by atoms with Crippen LogP contribution in [0.2, 0.25) is 60.3 Å². The summed E-state index contributed by atoms with van der Waals surface area (Å²) < 4.78 is 11.2. The molecule has 7 N–H and O–H groups in total. The number of nitriles is 1. The molecule has 0 unspecified atom stereocenters. The predicted molar refractivity (Wildman–Crippen MR) is 521 cm³/mol. The number of nitrogens with zero attached hydrogens (tertiary/aromatic N) is 12. The molecule has 0 aliphatic carbocycles. The molecule has 5 aromatic heterocycles. The van der Waals surface area contributed by atoms with E-state index in [1.807, 2.05) is 76.2 Å². The lowest BCUT2D eigenvalue weighted by Gasteiger charge is -2.11. The molecule has 0 aliphatic rings. The Morgan fingerprint density at radius 3 is 0.891 bits per heavy atom. The molecule has 0 spiro atoms. The van der Waals surface area contributed by atoms with Crippen LogP contribution in [0.25, 0.3) is 67.8 Å². The monoisotopic (exact) mass is 1970 g/mol. The summed E-state index contributed by atoms with van der Waals surface area (Å²) in [7, 11) is 1.33. The Morgan fingerprint density at radius 2 is 0.648 bits per heavy atom. The molecule has 38 heteroatoms. The topological polar surface area (TPSA) is 335 Å². The Balaban J connectivity index is 0.000000352. The summed E-state index contributed by atoms with van der Waals surface area (Å²) in [5, 5.41) is 57.9. The lowest BCUT2D eigenvalue weighted by atomic mass is 10.1. The Bertz CT molecular complexity index is 5990. The van der Waals surface area contributed by atoms with E-state index in [9.17, 15) is 28.8 Å². The highest BCUT2D eigenvalue weighted by molar-refractivity contribution is 6.38. The van der Waals surface area contributed by atoms with Crippen LogP contribution in [0.3, 0.4) is 0 Å².